The highest BCUT2D eigenvalue weighted by atomic mass is 16.5. The Kier molecular flexibility index (Phi) is 6.74. The van der Waals surface area contributed by atoms with Gasteiger partial charge in [-0.25, -0.2) is 0 Å². The van der Waals surface area contributed by atoms with E-state index < -0.39 is 0 Å². The van der Waals surface area contributed by atoms with Gasteiger partial charge in [0.2, 0.25) is 5.91 Å². The molecule has 1 rings (SSSR count). The van der Waals surface area contributed by atoms with Crippen LogP contribution >= 0.6 is 0 Å². The zero-order valence-electron chi connectivity index (χ0n) is 11.7. The number of carbonyl (C=O) groups is 1. The molecule has 0 aromatic heterocycles. The third-order valence-corrected chi connectivity index (χ3v) is 2.59. The van der Waals surface area contributed by atoms with Gasteiger partial charge >= 0.3 is 0 Å². The van der Waals surface area contributed by atoms with Gasteiger partial charge in [0.1, 0.15) is 12.4 Å². The number of likely N-dealkylation sites (N-methyl/N-ethyl adjacent to an activating group) is 1. The normalized spacial score (nSPS) is 10.5. The number of nitrogens with one attached hydrogen (secondary N) is 1. The minimum Gasteiger partial charge on any atom is -0.492 e. The zero-order valence-corrected chi connectivity index (χ0v) is 11.7. The van der Waals surface area contributed by atoms with Gasteiger partial charge in [-0.3, -0.25) is 9.69 Å². The van der Waals surface area contributed by atoms with Crippen molar-refractivity contribution in [2.45, 2.75) is 13.3 Å². The van der Waals surface area contributed by atoms with Crippen molar-refractivity contribution in [1.82, 2.24) is 10.2 Å². The van der Waals surface area contributed by atoms with E-state index in [1.54, 1.807) is 6.07 Å². The van der Waals surface area contributed by atoms with Gasteiger partial charge < -0.3 is 15.8 Å². The number of benzene rings is 1. The number of hydrogen-bond acceptors (Lipinski definition) is 4. The van der Waals surface area contributed by atoms with E-state index in [1.807, 2.05) is 37.1 Å². The van der Waals surface area contributed by atoms with Gasteiger partial charge in [-0.1, -0.05) is 13.0 Å². The molecule has 0 fully saturated rings. The molecule has 0 aliphatic carbocycles. The number of nitrogen functional groups attached to an aromatic ring is 1. The van der Waals surface area contributed by atoms with Crippen LogP contribution in [0.1, 0.15) is 13.3 Å². The molecule has 19 heavy (non-hydrogen) atoms. The van der Waals surface area contributed by atoms with Crippen molar-refractivity contribution < 1.29 is 9.53 Å². The highest BCUT2D eigenvalue weighted by Crippen LogP contribution is 2.13. The summed E-state index contributed by atoms with van der Waals surface area (Å²) in [4.78, 5) is 13.4. The fourth-order valence-electron chi connectivity index (χ4n) is 1.57. The molecule has 0 aliphatic heterocycles. The standard InChI is InChI=1S/C14H23N3O2/c1-3-7-16-14(18)11-17(2)8-9-19-13-6-4-5-12(15)10-13/h4-6,10H,3,7-9,11,15H2,1-2H3,(H,16,18). The number of anilines is 1. The van der Waals surface area contributed by atoms with Crippen molar-refractivity contribution in [3.63, 3.8) is 0 Å². The summed E-state index contributed by atoms with van der Waals surface area (Å²) in [5, 5.41) is 2.84. The smallest absolute Gasteiger partial charge is 0.234 e. The quantitative estimate of drug-likeness (QED) is 0.691. The highest BCUT2D eigenvalue weighted by molar-refractivity contribution is 5.77. The van der Waals surface area contributed by atoms with Crippen molar-refractivity contribution in [3.05, 3.63) is 24.3 Å². The Labute approximate surface area is 114 Å². The van der Waals surface area contributed by atoms with E-state index in [-0.39, 0.29) is 5.91 Å². The Morgan fingerprint density at radius 3 is 2.95 bits per heavy atom. The molecule has 106 valence electrons. The molecule has 0 spiro atoms. The Morgan fingerprint density at radius 1 is 1.47 bits per heavy atom. The first-order valence-corrected chi connectivity index (χ1v) is 6.55. The summed E-state index contributed by atoms with van der Waals surface area (Å²) in [5.74, 6) is 0.803. The minimum atomic E-state index is 0.0494. The third kappa shape index (κ3) is 6.67. The van der Waals surface area contributed by atoms with Gasteiger partial charge in [-0.2, -0.15) is 0 Å². The van der Waals surface area contributed by atoms with Crippen LogP contribution in [0.2, 0.25) is 0 Å². The molecule has 1 aromatic rings. The van der Waals surface area contributed by atoms with Crippen molar-refractivity contribution in [2.75, 3.05) is 39.0 Å². The molecular weight excluding hydrogens is 242 g/mol. The molecule has 0 atom stereocenters. The monoisotopic (exact) mass is 265 g/mol. The van der Waals surface area contributed by atoms with Gasteiger partial charge in [0.25, 0.3) is 0 Å². The highest BCUT2D eigenvalue weighted by Gasteiger charge is 2.05. The van der Waals surface area contributed by atoms with E-state index in [2.05, 4.69) is 5.32 Å². The van der Waals surface area contributed by atoms with Gasteiger partial charge in [0, 0.05) is 24.8 Å². The molecule has 3 N–H and O–H groups in total. The SMILES string of the molecule is CCCNC(=O)CN(C)CCOc1cccc(N)c1. The van der Waals surface area contributed by atoms with Crippen LogP contribution in [0.15, 0.2) is 24.3 Å². The lowest BCUT2D eigenvalue weighted by atomic mass is 10.3. The fourth-order valence-corrected chi connectivity index (χ4v) is 1.57. The Bertz CT molecular complexity index is 396. The lowest BCUT2D eigenvalue weighted by molar-refractivity contribution is -0.122. The second kappa shape index (κ2) is 8.37. The molecule has 5 heteroatoms. The molecule has 0 saturated heterocycles. The van der Waals surface area contributed by atoms with Crippen molar-refractivity contribution in [3.8, 4) is 5.75 Å². The third-order valence-electron chi connectivity index (χ3n) is 2.59. The molecule has 0 bridgehead atoms. The van der Waals surface area contributed by atoms with Gasteiger partial charge in [-0.05, 0) is 25.6 Å². The molecule has 0 radical (unpaired) electrons. The number of ether oxygens (including phenoxy) is 1. The number of amides is 1. The van der Waals surface area contributed by atoms with Crippen molar-refractivity contribution >= 4 is 11.6 Å². The summed E-state index contributed by atoms with van der Waals surface area (Å²) in [5.41, 5.74) is 6.34. The molecule has 0 heterocycles. The number of carbonyl (C=O) groups excluding carboxylic acids is 1. The van der Waals surface area contributed by atoms with Crippen LogP contribution in [0, 0.1) is 0 Å². The second-order valence-electron chi connectivity index (χ2n) is 4.51. The summed E-state index contributed by atoms with van der Waals surface area (Å²) in [6.07, 6.45) is 0.952. The van der Waals surface area contributed by atoms with Crippen LogP contribution in [0.25, 0.3) is 0 Å². The summed E-state index contributed by atoms with van der Waals surface area (Å²) < 4.78 is 5.57. The van der Waals surface area contributed by atoms with E-state index in [1.165, 1.54) is 0 Å². The van der Waals surface area contributed by atoms with Crippen LogP contribution < -0.4 is 15.8 Å². The topological polar surface area (TPSA) is 67.6 Å². The van der Waals surface area contributed by atoms with Gasteiger partial charge in [-0.15, -0.1) is 0 Å². The van der Waals surface area contributed by atoms with Gasteiger partial charge in [0.15, 0.2) is 0 Å². The maximum Gasteiger partial charge on any atom is 0.234 e. The summed E-state index contributed by atoms with van der Waals surface area (Å²) in [6, 6.07) is 7.32. The first kappa shape index (κ1) is 15.3. The van der Waals surface area contributed by atoms with Crippen LogP contribution in [0.4, 0.5) is 5.69 Å². The predicted molar refractivity (Wildman–Crippen MR) is 77.1 cm³/mol. The number of nitrogens with two attached hydrogens (primary N) is 1. The molecule has 0 aliphatic rings. The van der Waals surface area contributed by atoms with E-state index in [9.17, 15) is 4.79 Å². The Balaban J connectivity index is 2.20. The van der Waals surface area contributed by atoms with Crippen LogP contribution in [-0.4, -0.2) is 44.1 Å². The molecule has 1 aromatic carbocycles. The molecule has 0 saturated carbocycles. The fraction of sp³-hybridized carbons (Fsp3) is 0.500. The van der Waals surface area contributed by atoms with Crippen molar-refractivity contribution in [1.29, 1.82) is 0 Å². The Hall–Kier alpha value is -1.75. The first-order valence-electron chi connectivity index (χ1n) is 6.55. The first-order chi connectivity index (χ1) is 9.11. The molecule has 1 amide bonds. The lowest BCUT2D eigenvalue weighted by Gasteiger charge is -2.16. The summed E-state index contributed by atoms with van der Waals surface area (Å²) in [7, 11) is 1.90. The molecule has 5 nitrogen and oxygen atoms in total. The van der Waals surface area contributed by atoms with Crippen LogP contribution in [0.3, 0.4) is 0 Å². The van der Waals surface area contributed by atoms with E-state index in [0.29, 0.717) is 25.4 Å². The van der Waals surface area contributed by atoms with E-state index in [0.717, 1.165) is 18.7 Å². The predicted octanol–water partition coefficient (Wildman–Crippen LogP) is 1.11. The minimum absolute atomic E-state index is 0.0494. The Morgan fingerprint density at radius 2 is 2.26 bits per heavy atom. The lowest BCUT2D eigenvalue weighted by Crippen LogP contribution is -2.37. The summed E-state index contributed by atoms with van der Waals surface area (Å²) in [6.45, 7) is 4.37. The van der Waals surface area contributed by atoms with E-state index >= 15 is 0 Å². The van der Waals surface area contributed by atoms with Crippen LogP contribution in [-0.2, 0) is 4.79 Å². The number of nitrogens with zero attached hydrogens (tertiary/aromatic N) is 1. The summed E-state index contributed by atoms with van der Waals surface area (Å²) >= 11 is 0. The average Bonchev–Trinajstić information content (AvgIpc) is 2.36. The largest absolute Gasteiger partial charge is 0.492 e. The number of hydrogen-bond donors (Lipinski definition) is 2. The van der Waals surface area contributed by atoms with Crippen LogP contribution in [0.5, 0.6) is 5.75 Å². The second-order valence-corrected chi connectivity index (χ2v) is 4.51. The molecule has 0 unspecified atom stereocenters. The van der Waals surface area contributed by atoms with E-state index in [4.69, 9.17) is 10.5 Å². The van der Waals surface area contributed by atoms with Crippen molar-refractivity contribution in [2.24, 2.45) is 0 Å². The number of rotatable bonds is 8. The maximum absolute atomic E-state index is 11.5. The zero-order chi connectivity index (χ0) is 14.1. The maximum atomic E-state index is 11.5. The molecular formula is C14H23N3O2. The van der Waals surface area contributed by atoms with Gasteiger partial charge in [0.05, 0.1) is 6.54 Å². The average molecular weight is 265 g/mol.